The first-order valence-corrected chi connectivity index (χ1v) is 7.42. The summed E-state index contributed by atoms with van der Waals surface area (Å²) in [6.45, 7) is 0.220. The van der Waals surface area contributed by atoms with E-state index in [1.165, 1.54) is 31.3 Å². The average molecular weight is 329 g/mol. The number of ketones is 1. The molecule has 0 unspecified atom stereocenters. The standard InChI is InChI=1S/C18H16FNO4/c1-23-15-4-3-5-16(24-2)17(15)18(22)20-9-8-14(21)12-10-11(19)6-7-13(12)20/h3-7,10H,8-9H2,1-2H3. The number of hydrogen-bond acceptors (Lipinski definition) is 4. The lowest BCUT2D eigenvalue weighted by atomic mass is 9.99. The SMILES string of the molecule is COc1cccc(OC)c1C(=O)N1CCC(=O)c2cc(F)ccc21. The molecule has 0 spiro atoms. The summed E-state index contributed by atoms with van der Waals surface area (Å²) in [6, 6.07) is 8.89. The Morgan fingerprint density at radius 2 is 1.79 bits per heavy atom. The number of hydrogen-bond donors (Lipinski definition) is 0. The van der Waals surface area contributed by atoms with Crippen molar-refractivity contribution in [2.45, 2.75) is 6.42 Å². The van der Waals surface area contributed by atoms with Crippen LogP contribution < -0.4 is 14.4 Å². The van der Waals surface area contributed by atoms with Crippen molar-refractivity contribution in [1.82, 2.24) is 0 Å². The van der Waals surface area contributed by atoms with Crippen LogP contribution in [0.3, 0.4) is 0 Å². The van der Waals surface area contributed by atoms with Crippen LogP contribution in [0.25, 0.3) is 0 Å². The van der Waals surface area contributed by atoms with Crippen molar-refractivity contribution in [3.05, 3.63) is 53.3 Å². The summed E-state index contributed by atoms with van der Waals surface area (Å²) >= 11 is 0. The highest BCUT2D eigenvalue weighted by Crippen LogP contribution is 2.34. The van der Waals surface area contributed by atoms with E-state index in [0.717, 1.165) is 6.07 Å². The zero-order chi connectivity index (χ0) is 17.3. The van der Waals surface area contributed by atoms with Gasteiger partial charge in [-0.05, 0) is 30.3 Å². The highest BCUT2D eigenvalue weighted by Gasteiger charge is 2.31. The molecule has 0 aliphatic carbocycles. The molecular formula is C18H16FNO4. The fourth-order valence-electron chi connectivity index (χ4n) is 2.84. The summed E-state index contributed by atoms with van der Waals surface area (Å²) in [7, 11) is 2.93. The molecule has 1 aliphatic heterocycles. The Kier molecular flexibility index (Phi) is 4.20. The molecule has 2 aromatic carbocycles. The molecule has 0 N–H and O–H groups in total. The van der Waals surface area contributed by atoms with Crippen molar-refractivity contribution in [2.24, 2.45) is 0 Å². The smallest absolute Gasteiger partial charge is 0.265 e. The van der Waals surface area contributed by atoms with Gasteiger partial charge in [0, 0.05) is 18.5 Å². The number of benzene rings is 2. The number of carbonyl (C=O) groups excluding carboxylic acids is 2. The summed E-state index contributed by atoms with van der Waals surface area (Å²) in [4.78, 5) is 26.6. The second kappa shape index (κ2) is 6.31. The highest BCUT2D eigenvalue weighted by atomic mass is 19.1. The van der Waals surface area contributed by atoms with Crippen molar-refractivity contribution in [2.75, 3.05) is 25.7 Å². The fourth-order valence-corrected chi connectivity index (χ4v) is 2.84. The molecule has 2 aromatic rings. The number of methoxy groups -OCH3 is 2. The Morgan fingerprint density at radius 3 is 2.42 bits per heavy atom. The van der Waals surface area contributed by atoms with Crippen LogP contribution in [0.4, 0.5) is 10.1 Å². The number of nitrogens with zero attached hydrogens (tertiary/aromatic N) is 1. The van der Waals surface area contributed by atoms with Crippen LogP contribution in [0.5, 0.6) is 11.5 Å². The average Bonchev–Trinajstić information content (AvgIpc) is 2.61. The number of fused-ring (bicyclic) bond motifs is 1. The number of halogens is 1. The molecule has 0 saturated heterocycles. The van der Waals surface area contributed by atoms with Crippen LogP contribution in [0, 0.1) is 5.82 Å². The normalized spacial score (nSPS) is 13.5. The number of carbonyl (C=O) groups is 2. The number of Topliss-reactive ketones (excluding diaryl/α,β-unsaturated/α-hetero) is 1. The van der Waals surface area contributed by atoms with Gasteiger partial charge in [-0.2, -0.15) is 0 Å². The topological polar surface area (TPSA) is 55.8 Å². The van der Waals surface area contributed by atoms with Crippen LogP contribution in [-0.4, -0.2) is 32.5 Å². The largest absolute Gasteiger partial charge is 0.496 e. The van der Waals surface area contributed by atoms with E-state index in [4.69, 9.17) is 9.47 Å². The molecule has 6 heteroatoms. The van der Waals surface area contributed by atoms with Gasteiger partial charge in [0.1, 0.15) is 22.9 Å². The number of rotatable bonds is 3. The summed E-state index contributed by atoms with van der Waals surface area (Å²) in [5.41, 5.74) is 0.876. The van der Waals surface area contributed by atoms with E-state index < -0.39 is 5.82 Å². The molecule has 1 heterocycles. The van der Waals surface area contributed by atoms with E-state index in [0.29, 0.717) is 17.2 Å². The van der Waals surface area contributed by atoms with Crippen molar-refractivity contribution < 1.29 is 23.5 Å². The first-order valence-electron chi connectivity index (χ1n) is 7.42. The zero-order valence-corrected chi connectivity index (χ0v) is 13.3. The van der Waals surface area contributed by atoms with Crippen LogP contribution in [-0.2, 0) is 0 Å². The van der Waals surface area contributed by atoms with Gasteiger partial charge >= 0.3 is 0 Å². The minimum Gasteiger partial charge on any atom is -0.496 e. The van der Waals surface area contributed by atoms with Gasteiger partial charge in [0.15, 0.2) is 5.78 Å². The van der Waals surface area contributed by atoms with Gasteiger partial charge in [0.25, 0.3) is 5.91 Å². The van der Waals surface area contributed by atoms with Gasteiger partial charge in [-0.15, -0.1) is 0 Å². The predicted molar refractivity (Wildman–Crippen MR) is 86.6 cm³/mol. The van der Waals surface area contributed by atoms with Crippen molar-refractivity contribution in [3.8, 4) is 11.5 Å². The molecule has 0 bridgehead atoms. The molecule has 0 saturated carbocycles. The summed E-state index contributed by atoms with van der Waals surface area (Å²) in [6.07, 6.45) is 0.139. The molecule has 1 amide bonds. The maximum atomic E-state index is 13.5. The van der Waals surface area contributed by atoms with Crippen molar-refractivity contribution in [3.63, 3.8) is 0 Å². The Hall–Kier alpha value is -2.89. The lowest BCUT2D eigenvalue weighted by molar-refractivity contribution is 0.0952. The quantitative estimate of drug-likeness (QED) is 0.868. The third kappa shape index (κ3) is 2.60. The highest BCUT2D eigenvalue weighted by molar-refractivity contribution is 6.15. The minimum atomic E-state index is -0.508. The Bertz CT molecular complexity index is 796. The van der Waals surface area contributed by atoms with E-state index in [1.54, 1.807) is 18.2 Å². The van der Waals surface area contributed by atoms with Gasteiger partial charge in [0.05, 0.1) is 19.9 Å². The van der Waals surface area contributed by atoms with E-state index in [9.17, 15) is 14.0 Å². The Labute approximate surface area is 138 Å². The van der Waals surface area contributed by atoms with Crippen LogP contribution in [0.2, 0.25) is 0 Å². The van der Waals surface area contributed by atoms with Gasteiger partial charge in [-0.3, -0.25) is 9.59 Å². The molecular weight excluding hydrogens is 313 g/mol. The molecule has 0 fully saturated rings. The lowest BCUT2D eigenvalue weighted by Crippen LogP contribution is -2.37. The van der Waals surface area contributed by atoms with Crippen molar-refractivity contribution in [1.29, 1.82) is 0 Å². The van der Waals surface area contributed by atoms with E-state index in [-0.39, 0.29) is 35.8 Å². The van der Waals surface area contributed by atoms with Crippen LogP contribution in [0.1, 0.15) is 27.1 Å². The molecule has 0 atom stereocenters. The molecule has 124 valence electrons. The second-order valence-corrected chi connectivity index (χ2v) is 5.33. The van der Waals surface area contributed by atoms with Gasteiger partial charge in [-0.25, -0.2) is 4.39 Å². The number of amides is 1. The molecule has 24 heavy (non-hydrogen) atoms. The number of anilines is 1. The zero-order valence-electron chi connectivity index (χ0n) is 13.3. The van der Waals surface area contributed by atoms with E-state index in [1.807, 2.05) is 0 Å². The molecule has 0 radical (unpaired) electrons. The maximum Gasteiger partial charge on any atom is 0.265 e. The molecule has 0 aromatic heterocycles. The van der Waals surface area contributed by atoms with E-state index in [2.05, 4.69) is 0 Å². The summed E-state index contributed by atoms with van der Waals surface area (Å²) in [5.74, 6) is -0.295. The van der Waals surface area contributed by atoms with Crippen LogP contribution in [0.15, 0.2) is 36.4 Å². The maximum absolute atomic E-state index is 13.5. The van der Waals surface area contributed by atoms with Crippen LogP contribution >= 0.6 is 0 Å². The Balaban J connectivity index is 2.10. The first-order chi connectivity index (χ1) is 11.6. The summed E-state index contributed by atoms with van der Waals surface area (Å²) in [5, 5.41) is 0. The molecule has 5 nitrogen and oxygen atoms in total. The number of ether oxygens (including phenoxy) is 2. The van der Waals surface area contributed by atoms with E-state index >= 15 is 0 Å². The predicted octanol–water partition coefficient (Wildman–Crippen LogP) is 3.08. The third-order valence-corrected chi connectivity index (χ3v) is 4.00. The third-order valence-electron chi connectivity index (χ3n) is 4.00. The first kappa shape index (κ1) is 16.0. The monoisotopic (exact) mass is 329 g/mol. The molecule has 1 aliphatic rings. The molecule has 3 rings (SSSR count). The van der Waals surface area contributed by atoms with Gasteiger partial charge in [0.2, 0.25) is 0 Å². The van der Waals surface area contributed by atoms with Gasteiger partial charge in [-0.1, -0.05) is 6.07 Å². The van der Waals surface area contributed by atoms with Gasteiger partial charge < -0.3 is 14.4 Å². The minimum absolute atomic E-state index is 0.139. The second-order valence-electron chi connectivity index (χ2n) is 5.33. The fraction of sp³-hybridized carbons (Fsp3) is 0.222. The Morgan fingerprint density at radius 1 is 1.12 bits per heavy atom. The lowest BCUT2D eigenvalue weighted by Gasteiger charge is -2.29. The van der Waals surface area contributed by atoms with Crippen molar-refractivity contribution >= 4 is 17.4 Å². The summed E-state index contributed by atoms with van der Waals surface area (Å²) < 4.78 is 24.0.